The van der Waals surface area contributed by atoms with Crippen LogP contribution in [0.4, 0.5) is 0 Å². The van der Waals surface area contributed by atoms with Crippen LogP contribution in [-0.4, -0.2) is 37.0 Å². The predicted molar refractivity (Wildman–Crippen MR) is 67.2 cm³/mol. The van der Waals surface area contributed by atoms with Crippen LogP contribution in [0.25, 0.3) is 0 Å². The first-order valence-corrected chi connectivity index (χ1v) is 6.46. The maximum absolute atomic E-state index is 11.7. The van der Waals surface area contributed by atoms with E-state index in [-0.39, 0.29) is 5.91 Å². The van der Waals surface area contributed by atoms with Gasteiger partial charge in [0, 0.05) is 19.6 Å². The second-order valence-electron chi connectivity index (χ2n) is 5.84. The van der Waals surface area contributed by atoms with E-state index in [1.54, 1.807) is 0 Å². The maximum Gasteiger partial charge on any atom is 0.234 e. The van der Waals surface area contributed by atoms with E-state index in [1.165, 1.54) is 6.42 Å². The highest BCUT2D eigenvalue weighted by molar-refractivity contribution is 5.78. The van der Waals surface area contributed by atoms with E-state index in [9.17, 15) is 4.79 Å². The Bertz CT molecular complexity index is 218. The fourth-order valence-corrected chi connectivity index (χ4v) is 2.50. The molecular weight excluding hydrogens is 200 g/mol. The standard InChI is InChI=1S/C13H26N2O/c1-10(2)6-14-13(16)9-15-7-11(3)5-12(4)8-15/h10-12H,5-9H2,1-4H3,(H,14,16)/t11-,12-/m0/s1. The molecule has 0 aromatic heterocycles. The quantitative estimate of drug-likeness (QED) is 0.792. The van der Waals surface area contributed by atoms with Gasteiger partial charge in [0.2, 0.25) is 5.91 Å². The molecule has 0 spiro atoms. The lowest BCUT2D eigenvalue weighted by molar-refractivity contribution is -0.123. The van der Waals surface area contributed by atoms with E-state index >= 15 is 0 Å². The van der Waals surface area contributed by atoms with Crippen molar-refractivity contribution in [2.75, 3.05) is 26.2 Å². The van der Waals surface area contributed by atoms with Gasteiger partial charge in [-0.2, -0.15) is 0 Å². The Morgan fingerprint density at radius 2 is 1.88 bits per heavy atom. The summed E-state index contributed by atoms with van der Waals surface area (Å²) >= 11 is 0. The Kier molecular flexibility index (Phi) is 5.26. The van der Waals surface area contributed by atoms with Crippen molar-refractivity contribution < 1.29 is 4.79 Å². The van der Waals surface area contributed by atoms with Gasteiger partial charge in [0.25, 0.3) is 0 Å². The molecule has 1 aliphatic heterocycles. The lowest BCUT2D eigenvalue weighted by Gasteiger charge is -2.34. The molecule has 1 amide bonds. The number of carbonyl (C=O) groups is 1. The molecule has 16 heavy (non-hydrogen) atoms. The summed E-state index contributed by atoms with van der Waals surface area (Å²) in [5.74, 6) is 2.15. The van der Waals surface area contributed by atoms with Crippen molar-refractivity contribution in [2.45, 2.75) is 34.1 Å². The first kappa shape index (κ1) is 13.5. The number of hydrogen-bond donors (Lipinski definition) is 1. The van der Waals surface area contributed by atoms with Crippen LogP contribution < -0.4 is 5.32 Å². The van der Waals surface area contributed by atoms with Crippen LogP contribution in [0.3, 0.4) is 0 Å². The molecular formula is C13H26N2O. The fourth-order valence-electron chi connectivity index (χ4n) is 2.50. The first-order chi connectivity index (χ1) is 7.47. The summed E-state index contributed by atoms with van der Waals surface area (Å²) in [5.41, 5.74) is 0. The summed E-state index contributed by atoms with van der Waals surface area (Å²) in [7, 11) is 0. The van der Waals surface area contributed by atoms with Crippen LogP contribution in [0.1, 0.15) is 34.1 Å². The van der Waals surface area contributed by atoms with Gasteiger partial charge in [0.1, 0.15) is 0 Å². The second-order valence-corrected chi connectivity index (χ2v) is 5.84. The zero-order valence-corrected chi connectivity index (χ0v) is 11.1. The highest BCUT2D eigenvalue weighted by atomic mass is 16.2. The van der Waals surface area contributed by atoms with E-state index in [2.05, 4.69) is 37.9 Å². The number of piperidine rings is 1. The highest BCUT2D eigenvalue weighted by Gasteiger charge is 2.22. The van der Waals surface area contributed by atoms with Crippen molar-refractivity contribution in [3.63, 3.8) is 0 Å². The number of likely N-dealkylation sites (tertiary alicyclic amines) is 1. The molecule has 0 radical (unpaired) electrons. The number of hydrogen-bond acceptors (Lipinski definition) is 2. The van der Waals surface area contributed by atoms with Gasteiger partial charge in [-0.15, -0.1) is 0 Å². The van der Waals surface area contributed by atoms with Crippen LogP contribution >= 0.6 is 0 Å². The zero-order valence-electron chi connectivity index (χ0n) is 11.1. The minimum atomic E-state index is 0.176. The molecule has 1 rings (SSSR count). The van der Waals surface area contributed by atoms with Crippen molar-refractivity contribution >= 4 is 5.91 Å². The van der Waals surface area contributed by atoms with Gasteiger partial charge in [-0.3, -0.25) is 9.69 Å². The van der Waals surface area contributed by atoms with E-state index < -0.39 is 0 Å². The SMILES string of the molecule is CC(C)CNC(=O)CN1C[C@@H](C)C[C@H](C)C1. The number of nitrogens with one attached hydrogen (secondary N) is 1. The molecule has 0 aromatic carbocycles. The Labute approximate surface area is 99.6 Å². The molecule has 1 heterocycles. The molecule has 3 nitrogen and oxygen atoms in total. The Hall–Kier alpha value is -0.570. The molecule has 1 aliphatic rings. The van der Waals surface area contributed by atoms with Gasteiger partial charge in [0.05, 0.1) is 6.54 Å². The molecule has 0 saturated carbocycles. The van der Waals surface area contributed by atoms with Gasteiger partial charge >= 0.3 is 0 Å². The number of nitrogens with zero attached hydrogens (tertiary/aromatic N) is 1. The number of rotatable bonds is 4. The maximum atomic E-state index is 11.7. The highest BCUT2D eigenvalue weighted by Crippen LogP contribution is 2.20. The van der Waals surface area contributed by atoms with Gasteiger partial charge in [-0.1, -0.05) is 27.7 Å². The number of carbonyl (C=O) groups excluding carboxylic acids is 1. The van der Waals surface area contributed by atoms with Crippen LogP contribution in [0.2, 0.25) is 0 Å². The van der Waals surface area contributed by atoms with Gasteiger partial charge in [-0.25, -0.2) is 0 Å². The summed E-state index contributed by atoms with van der Waals surface area (Å²) in [6, 6.07) is 0. The van der Waals surface area contributed by atoms with Gasteiger partial charge < -0.3 is 5.32 Å². The Morgan fingerprint density at radius 1 is 1.31 bits per heavy atom. The summed E-state index contributed by atoms with van der Waals surface area (Å²) in [5, 5.41) is 2.98. The van der Waals surface area contributed by atoms with E-state index in [0.29, 0.717) is 12.5 Å². The third kappa shape index (κ3) is 4.97. The molecule has 0 bridgehead atoms. The second kappa shape index (κ2) is 6.24. The molecule has 94 valence electrons. The van der Waals surface area contributed by atoms with E-state index in [0.717, 1.165) is 31.5 Å². The van der Waals surface area contributed by atoms with Crippen LogP contribution in [0.5, 0.6) is 0 Å². The fraction of sp³-hybridized carbons (Fsp3) is 0.923. The minimum Gasteiger partial charge on any atom is -0.355 e. The van der Waals surface area contributed by atoms with Crippen LogP contribution in [-0.2, 0) is 4.79 Å². The summed E-state index contributed by atoms with van der Waals surface area (Å²) in [6.07, 6.45) is 1.30. The monoisotopic (exact) mass is 226 g/mol. The summed E-state index contributed by atoms with van der Waals surface area (Å²) in [6.45, 7) is 12.3. The lowest BCUT2D eigenvalue weighted by Crippen LogP contribution is -2.45. The summed E-state index contributed by atoms with van der Waals surface area (Å²) < 4.78 is 0. The van der Waals surface area contributed by atoms with Crippen LogP contribution in [0, 0.1) is 17.8 Å². The molecule has 1 saturated heterocycles. The van der Waals surface area contributed by atoms with Gasteiger partial charge in [0.15, 0.2) is 0 Å². The minimum absolute atomic E-state index is 0.176. The van der Waals surface area contributed by atoms with Crippen molar-refractivity contribution in [3.05, 3.63) is 0 Å². The molecule has 2 atom stereocenters. The first-order valence-electron chi connectivity index (χ1n) is 6.46. The van der Waals surface area contributed by atoms with Crippen molar-refractivity contribution in [2.24, 2.45) is 17.8 Å². The largest absolute Gasteiger partial charge is 0.355 e. The number of amides is 1. The molecule has 1 N–H and O–H groups in total. The molecule has 0 unspecified atom stereocenters. The zero-order chi connectivity index (χ0) is 12.1. The van der Waals surface area contributed by atoms with Crippen molar-refractivity contribution in [1.29, 1.82) is 0 Å². The Morgan fingerprint density at radius 3 is 2.38 bits per heavy atom. The van der Waals surface area contributed by atoms with Crippen molar-refractivity contribution in [3.8, 4) is 0 Å². The van der Waals surface area contributed by atoms with E-state index in [4.69, 9.17) is 0 Å². The Balaban J connectivity index is 2.27. The average molecular weight is 226 g/mol. The molecule has 0 aromatic rings. The topological polar surface area (TPSA) is 32.3 Å². The van der Waals surface area contributed by atoms with Crippen LogP contribution in [0.15, 0.2) is 0 Å². The molecule has 1 fully saturated rings. The van der Waals surface area contributed by atoms with Crippen molar-refractivity contribution in [1.82, 2.24) is 10.2 Å². The third-order valence-corrected chi connectivity index (χ3v) is 3.02. The third-order valence-electron chi connectivity index (χ3n) is 3.02. The normalized spacial score (nSPS) is 27.1. The lowest BCUT2D eigenvalue weighted by atomic mass is 9.92. The smallest absolute Gasteiger partial charge is 0.234 e. The van der Waals surface area contributed by atoms with Gasteiger partial charge in [-0.05, 0) is 24.2 Å². The molecule has 3 heteroatoms. The van der Waals surface area contributed by atoms with E-state index in [1.807, 2.05) is 0 Å². The average Bonchev–Trinajstić information content (AvgIpc) is 2.12. The summed E-state index contributed by atoms with van der Waals surface area (Å²) in [4.78, 5) is 14.0. The molecule has 0 aliphatic carbocycles. The predicted octanol–water partition coefficient (Wildman–Crippen LogP) is 1.74.